The Morgan fingerprint density at radius 1 is 1.12 bits per heavy atom. The van der Waals surface area contributed by atoms with E-state index in [4.69, 9.17) is 16.9 Å². The van der Waals surface area contributed by atoms with Crippen molar-refractivity contribution in [2.24, 2.45) is 0 Å². The predicted octanol–water partition coefficient (Wildman–Crippen LogP) is 4.21. The monoisotopic (exact) mass is 441 g/mol. The molecule has 0 N–H and O–H groups in total. The summed E-state index contributed by atoms with van der Waals surface area (Å²) < 4.78 is 1.93. The second kappa shape index (κ2) is 9.51. The number of imidazole rings is 1. The van der Waals surface area contributed by atoms with Crippen molar-refractivity contribution in [3.63, 3.8) is 0 Å². The molecule has 0 fully saturated rings. The number of nitrogens with zero attached hydrogens (tertiary/aromatic N) is 5. The molecule has 4 rings (SSSR count). The molecule has 0 bridgehead atoms. The number of benzene rings is 2. The highest BCUT2D eigenvalue weighted by Crippen LogP contribution is 2.29. The Bertz CT molecular complexity index is 1260. The van der Waals surface area contributed by atoms with Crippen LogP contribution in [0.3, 0.4) is 0 Å². The lowest BCUT2D eigenvalue weighted by Gasteiger charge is -2.29. The molecule has 0 aliphatic carbocycles. The molecule has 3 aromatic rings. The summed E-state index contributed by atoms with van der Waals surface area (Å²) in [5.41, 5.74) is 4.92. The van der Waals surface area contributed by atoms with Gasteiger partial charge in [-0.25, -0.2) is 4.98 Å². The quantitative estimate of drug-likeness (QED) is 0.593. The van der Waals surface area contributed by atoms with Crippen molar-refractivity contribution in [3.8, 4) is 12.1 Å². The van der Waals surface area contributed by atoms with E-state index in [0.717, 1.165) is 22.4 Å². The summed E-state index contributed by atoms with van der Waals surface area (Å²) in [5, 5.41) is 19.3. The molecule has 0 spiro atoms. The Balaban J connectivity index is 1.46. The van der Waals surface area contributed by atoms with Crippen molar-refractivity contribution in [2.75, 3.05) is 13.1 Å². The van der Waals surface area contributed by atoms with Gasteiger partial charge >= 0.3 is 0 Å². The molecule has 1 aliphatic rings. The number of hydrogen-bond donors (Lipinski definition) is 0. The third-order valence-electron chi connectivity index (χ3n) is 5.57. The molecule has 32 heavy (non-hydrogen) atoms. The summed E-state index contributed by atoms with van der Waals surface area (Å²) in [7, 11) is 0. The van der Waals surface area contributed by atoms with Gasteiger partial charge < -0.3 is 9.47 Å². The second-order valence-electron chi connectivity index (χ2n) is 7.64. The second-order valence-corrected chi connectivity index (χ2v) is 8.08. The topological polar surface area (TPSA) is 85.7 Å². The zero-order chi connectivity index (χ0) is 22.5. The van der Waals surface area contributed by atoms with E-state index in [1.54, 1.807) is 35.6 Å². The molecular formula is C25H20ClN5O. The third kappa shape index (κ3) is 4.72. The number of nitriles is 2. The van der Waals surface area contributed by atoms with Crippen LogP contribution in [0, 0.1) is 22.7 Å². The van der Waals surface area contributed by atoms with E-state index in [1.165, 1.54) is 0 Å². The van der Waals surface area contributed by atoms with Crippen LogP contribution < -0.4 is 0 Å². The smallest absolute Gasteiger partial charge is 0.228 e. The van der Waals surface area contributed by atoms with E-state index in [2.05, 4.69) is 17.1 Å². The first-order valence-corrected chi connectivity index (χ1v) is 10.6. The molecule has 2 aromatic carbocycles. The average Bonchev–Trinajstić information content (AvgIpc) is 3.25. The predicted molar refractivity (Wildman–Crippen MR) is 121 cm³/mol. The van der Waals surface area contributed by atoms with Crippen LogP contribution in [0.15, 0.2) is 66.6 Å². The van der Waals surface area contributed by atoms with Gasteiger partial charge in [-0.3, -0.25) is 4.79 Å². The van der Waals surface area contributed by atoms with Crippen LogP contribution in [-0.4, -0.2) is 33.4 Å². The first kappa shape index (κ1) is 21.4. The molecule has 0 unspecified atom stereocenters. The third-order valence-corrected chi connectivity index (χ3v) is 5.81. The van der Waals surface area contributed by atoms with Gasteiger partial charge in [-0.05, 0) is 47.4 Å². The number of carbonyl (C=O) groups is 1. The zero-order valence-corrected chi connectivity index (χ0v) is 18.1. The van der Waals surface area contributed by atoms with Gasteiger partial charge in [0.2, 0.25) is 5.91 Å². The molecule has 7 heteroatoms. The highest BCUT2D eigenvalue weighted by Gasteiger charge is 2.24. The van der Waals surface area contributed by atoms with E-state index in [0.29, 0.717) is 42.2 Å². The van der Waals surface area contributed by atoms with Crippen LogP contribution in [0.4, 0.5) is 0 Å². The van der Waals surface area contributed by atoms with E-state index in [1.807, 2.05) is 34.9 Å². The molecule has 1 aliphatic heterocycles. The molecule has 0 atom stereocenters. The highest BCUT2D eigenvalue weighted by molar-refractivity contribution is 6.30. The summed E-state index contributed by atoms with van der Waals surface area (Å²) in [4.78, 5) is 18.9. The Hall–Kier alpha value is -3.87. The Morgan fingerprint density at radius 3 is 2.66 bits per heavy atom. The summed E-state index contributed by atoms with van der Waals surface area (Å²) in [6.45, 7) is 1.41. The standard InChI is InChI=1S/C25H20ClN5O/c26-22-3-1-2-20(10-22)24-8-9-30(16-21(24)13-28)25(32)11-23-14-29-17-31(23)15-19-6-4-18(12-27)5-7-19/h1-7,10,14,17H,8-9,11,15-16H2. The van der Waals surface area contributed by atoms with E-state index in [-0.39, 0.29) is 12.3 Å². The fourth-order valence-corrected chi connectivity index (χ4v) is 4.05. The SMILES string of the molecule is N#CC1=C(c2cccc(Cl)c2)CCN(C(=O)Cc2cncn2Cc2ccc(C#N)cc2)C1. The minimum Gasteiger partial charge on any atom is -0.337 e. The van der Waals surface area contributed by atoms with Gasteiger partial charge in [-0.15, -0.1) is 0 Å². The molecular weight excluding hydrogens is 422 g/mol. The van der Waals surface area contributed by atoms with Crippen molar-refractivity contribution in [2.45, 2.75) is 19.4 Å². The van der Waals surface area contributed by atoms with Gasteiger partial charge in [-0.1, -0.05) is 35.9 Å². The number of rotatable bonds is 5. The normalized spacial score (nSPS) is 13.5. The summed E-state index contributed by atoms with van der Waals surface area (Å²) in [6.07, 6.45) is 4.22. The van der Waals surface area contributed by atoms with Crippen molar-refractivity contribution in [1.29, 1.82) is 10.5 Å². The molecule has 6 nitrogen and oxygen atoms in total. The molecule has 0 saturated heterocycles. The van der Waals surface area contributed by atoms with E-state index >= 15 is 0 Å². The molecule has 2 heterocycles. The van der Waals surface area contributed by atoms with Gasteiger partial charge in [0, 0.05) is 30.0 Å². The number of hydrogen-bond acceptors (Lipinski definition) is 4. The summed E-state index contributed by atoms with van der Waals surface area (Å²) in [6, 6.07) is 19.2. The van der Waals surface area contributed by atoms with Crippen LogP contribution >= 0.6 is 11.6 Å². The average molecular weight is 442 g/mol. The number of halogens is 1. The lowest BCUT2D eigenvalue weighted by atomic mass is 9.94. The van der Waals surface area contributed by atoms with Crippen molar-refractivity contribution < 1.29 is 4.79 Å². The van der Waals surface area contributed by atoms with Crippen LogP contribution in [0.25, 0.3) is 5.57 Å². The van der Waals surface area contributed by atoms with Gasteiger partial charge in [0.25, 0.3) is 0 Å². The summed E-state index contributed by atoms with van der Waals surface area (Å²) in [5.74, 6) is -0.0375. The highest BCUT2D eigenvalue weighted by atomic mass is 35.5. The molecule has 1 aromatic heterocycles. The molecule has 1 amide bonds. The number of amides is 1. The van der Waals surface area contributed by atoms with Crippen LogP contribution in [0.5, 0.6) is 0 Å². The first-order valence-electron chi connectivity index (χ1n) is 10.2. The summed E-state index contributed by atoms with van der Waals surface area (Å²) >= 11 is 6.11. The van der Waals surface area contributed by atoms with E-state index in [9.17, 15) is 10.1 Å². The zero-order valence-electron chi connectivity index (χ0n) is 17.3. The van der Waals surface area contributed by atoms with Gasteiger partial charge in [0.05, 0.1) is 42.6 Å². The largest absolute Gasteiger partial charge is 0.337 e. The number of aromatic nitrogens is 2. The minimum atomic E-state index is -0.0375. The number of carbonyl (C=O) groups excluding carboxylic acids is 1. The Labute approximate surface area is 191 Å². The Morgan fingerprint density at radius 2 is 1.94 bits per heavy atom. The fourth-order valence-electron chi connectivity index (χ4n) is 3.86. The maximum Gasteiger partial charge on any atom is 0.228 e. The lowest BCUT2D eigenvalue weighted by Crippen LogP contribution is -2.38. The Kier molecular flexibility index (Phi) is 6.35. The van der Waals surface area contributed by atoms with Crippen molar-refractivity contribution in [1.82, 2.24) is 14.5 Å². The fraction of sp³-hybridized carbons (Fsp3) is 0.200. The van der Waals surface area contributed by atoms with Gasteiger partial charge in [0.15, 0.2) is 0 Å². The first-order chi connectivity index (χ1) is 15.6. The van der Waals surface area contributed by atoms with Crippen molar-refractivity contribution in [3.05, 3.63) is 94.0 Å². The maximum absolute atomic E-state index is 13.0. The van der Waals surface area contributed by atoms with Crippen molar-refractivity contribution >= 4 is 23.1 Å². The maximum atomic E-state index is 13.0. The van der Waals surface area contributed by atoms with Crippen LogP contribution in [-0.2, 0) is 17.8 Å². The van der Waals surface area contributed by atoms with E-state index < -0.39 is 0 Å². The lowest BCUT2D eigenvalue weighted by molar-refractivity contribution is -0.130. The molecule has 0 radical (unpaired) electrons. The van der Waals surface area contributed by atoms with Crippen LogP contribution in [0.1, 0.15) is 28.8 Å². The molecule has 158 valence electrons. The molecule has 0 saturated carbocycles. The van der Waals surface area contributed by atoms with Crippen LogP contribution in [0.2, 0.25) is 5.02 Å². The van der Waals surface area contributed by atoms with Gasteiger partial charge in [0.1, 0.15) is 0 Å². The van der Waals surface area contributed by atoms with Gasteiger partial charge in [-0.2, -0.15) is 10.5 Å². The minimum absolute atomic E-state index is 0.0375.